The van der Waals surface area contributed by atoms with E-state index in [0.717, 1.165) is 47.6 Å². The molecule has 7 aliphatic rings. The molecule has 3 saturated heterocycles. The number of hydrogen-bond acceptors (Lipinski definition) is 13. The zero-order chi connectivity index (χ0) is 44.3. The predicted molar refractivity (Wildman–Crippen MR) is 240 cm³/mol. The average molecular weight is 881 g/mol. The molecule has 1 amide bonds. The monoisotopic (exact) mass is 880 g/mol. The number of methoxy groups -OCH3 is 2. The first kappa shape index (κ1) is 41.8. The number of benzene rings is 3. The number of carbonyl (C=O) groups is 2. The smallest absolute Gasteiger partial charge is 0.396 e. The number of aryl methyl sites for hydroxylation is 1. The fourth-order valence-corrected chi connectivity index (χ4v) is 12.3. The van der Waals surface area contributed by atoms with Crippen molar-refractivity contribution in [3.63, 3.8) is 0 Å². The molecule has 12 rings (SSSR count). The number of ether oxygens (including phenoxy) is 3. The summed E-state index contributed by atoms with van der Waals surface area (Å²) in [7, 11) is 5.07. The Kier molecular flexibility index (Phi) is 10.9. The highest BCUT2D eigenvalue weighted by Crippen LogP contribution is 2.66. The topological polar surface area (TPSA) is 167 Å². The zero-order valence-electron chi connectivity index (χ0n) is 36.0. The molecule has 2 bridgehead atoms. The molecule has 1 saturated carbocycles. The van der Waals surface area contributed by atoms with Crippen molar-refractivity contribution in [3.8, 4) is 11.5 Å². The minimum absolute atomic E-state index is 0.0242. The molecule has 8 heterocycles. The van der Waals surface area contributed by atoms with Gasteiger partial charge >= 0.3 is 5.82 Å². The average Bonchev–Trinajstić information content (AvgIpc) is 4.10. The standard InChI is InChI=1S/C23H26N2O4.C15H14O.C10H8N6O2S/c1-27-16-8-14-15(9-17(16)28-2)25-20(26)10-18-21-13-7-19-23(14,22(21)25)4-5-24(19)11-12(13)3-6-29-18;1-12(13-8-4-2-5-9-13)15(16)14-10-6-3-7-11-14;1-15-5-14-8(16(17)18)10(15)19-9-6-2-3-11-7(6)12-4-13-9/h3,8-9,13,18-19,21-22H,4-7,10-11H2,1-2H3;2-12H,1H3;3-5H,2H2,1H3/t13-,18?,19-,21-,22?,23-;;/m1../s1. The fraction of sp³-hybridized carbons (Fsp3) is 0.375. The summed E-state index contributed by atoms with van der Waals surface area (Å²) in [5.41, 5.74) is 6.59. The van der Waals surface area contributed by atoms with Crippen LogP contribution in [-0.2, 0) is 28.4 Å². The Morgan fingerprint density at radius 2 is 1.78 bits per heavy atom. The van der Waals surface area contributed by atoms with Gasteiger partial charge in [0.25, 0.3) is 0 Å². The maximum Gasteiger partial charge on any atom is 0.396 e. The number of aromatic nitrogens is 4. The molecule has 0 radical (unpaired) electrons. The van der Waals surface area contributed by atoms with Gasteiger partial charge in [0.2, 0.25) is 12.2 Å². The third kappa shape index (κ3) is 6.81. The normalized spacial score (nSPS) is 25.4. The van der Waals surface area contributed by atoms with E-state index in [0.29, 0.717) is 58.9 Å². The summed E-state index contributed by atoms with van der Waals surface area (Å²) < 4.78 is 19.2. The largest absolute Gasteiger partial charge is 0.493 e. The lowest BCUT2D eigenvalue weighted by Gasteiger charge is -2.58. The van der Waals surface area contributed by atoms with Crippen LogP contribution in [0, 0.1) is 22.0 Å². The molecule has 1 aliphatic carbocycles. The maximum atomic E-state index is 13.5. The highest BCUT2D eigenvalue weighted by molar-refractivity contribution is 7.99. The highest BCUT2D eigenvalue weighted by Gasteiger charge is 2.71. The molecule has 6 aliphatic heterocycles. The van der Waals surface area contributed by atoms with Gasteiger partial charge in [0.05, 0.1) is 45.1 Å². The molecule has 3 aromatic carbocycles. The lowest BCUT2D eigenvalue weighted by atomic mass is 9.53. The molecule has 328 valence electrons. The molecular formula is C48H48N8O7S. The van der Waals surface area contributed by atoms with Crippen molar-refractivity contribution in [3.05, 3.63) is 129 Å². The molecule has 4 fully saturated rings. The third-order valence-corrected chi connectivity index (χ3v) is 15.4. The van der Waals surface area contributed by atoms with E-state index >= 15 is 0 Å². The summed E-state index contributed by atoms with van der Waals surface area (Å²) in [5.74, 6) is 3.13. The first-order valence-electron chi connectivity index (χ1n) is 21.6. The number of piperidine rings is 2. The molecule has 64 heavy (non-hydrogen) atoms. The second-order valence-corrected chi connectivity index (χ2v) is 18.2. The lowest BCUT2D eigenvalue weighted by molar-refractivity contribution is -0.392. The van der Waals surface area contributed by atoms with Crippen LogP contribution in [0.4, 0.5) is 17.3 Å². The third-order valence-electron chi connectivity index (χ3n) is 14.2. The Balaban J connectivity index is 0.000000121. The van der Waals surface area contributed by atoms with Crippen molar-refractivity contribution in [2.24, 2.45) is 23.9 Å². The maximum absolute atomic E-state index is 13.5. The van der Waals surface area contributed by atoms with Gasteiger partial charge in [0.15, 0.2) is 28.1 Å². The Morgan fingerprint density at radius 1 is 1.03 bits per heavy atom. The Bertz CT molecular complexity index is 2710. The van der Waals surface area contributed by atoms with Crippen LogP contribution in [0.1, 0.15) is 59.2 Å². The van der Waals surface area contributed by atoms with Gasteiger partial charge in [0, 0.05) is 66.7 Å². The summed E-state index contributed by atoms with van der Waals surface area (Å²) in [6.07, 6.45) is 10.3. The van der Waals surface area contributed by atoms with E-state index < -0.39 is 4.92 Å². The van der Waals surface area contributed by atoms with E-state index in [2.05, 4.69) is 41.9 Å². The van der Waals surface area contributed by atoms with Crippen LogP contribution in [-0.4, -0.2) is 99.4 Å². The van der Waals surface area contributed by atoms with Crippen LogP contribution in [0.3, 0.4) is 0 Å². The van der Waals surface area contributed by atoms with Gasteiger partial charge in [-0.2, -0.15) is 0 Å². The number of nitrogens with zero attached hydrogens (tertiary/aromatic N) is 8. The SMILES string of the molecule is CC(C(=O)c1ccccc1)c1ccccc1.COc1cc2c(cc1OC)[C@@]13CCN4CC5=CCOC6CC(=O)N2C1[C@@H]6[C@@H]5C[C@@H]43.Cn1cnc([N+](=O)[O-])c1Sc1ncnc2c1CC=N2. The van der Waals surface area contributed by atoms with Gasteiger partial charge in [-0.15, -0.1) is 0 Å². The summed E-state index contributed by atoms with van der Waals surface area (Å²) in [4.78, 5) is 56.9. The Hall–Kier alpha value is -6.23. The van der Waals surface area contributed by atoms with E-state index in [4.69, 9.17) is 14.2 Å². The molecule has 5 aromatic rings. The number of nitro groups is 1. The number of fused-ring (bicyclic) bond motifs is 3. The molecule has 1 spiro atoms. The van der Waals surface area contributed by atoms with E-state index in [9.17, 15) is 19.7 Å². The Morgan fingerprint density at radius 3 is 2.53 bits per heavy atom. The van der Waals surface area contributed by atoms with Crippen molar-refractivity contribution < 1.29 is 28.7 Å². The summed E-state index contributed by atoms with van der Waals surface area (Å²) >= 11 is 1.21. The summed E-state index contributed by atoms with van der Waals surface area (Å²) in [6, 6.07) is 24.2. The van der Waals surface area contributed by atoms with Crippen LogP contribution >= 0.6 is 11.8 Å². The van der Waals surface area contributed by atoms with Crippen molar-refractivity contribution in [1.82, 2.24) is 24.4 Å². The van der Waals surface area contributed by atoms with Gasteiger partial charge in [-0.25, -0.2) is 15.0 Å². The number of hydrogen-bond donors (Lipinski definition) is 0. The second kappa shape index (κ2) is 16.7. The van der Waals surface area contributed by atoms with Crippen molar-refractivity contribution >= 4 is 47.0 Å². The number of Topliss-reactive ketones (excluding diaryl/α,β-unsaturated/α-hetero) is 1. The van der Waals surface area contributed by atoms with Gasteiger partial charge < -0.3 is 33.8 Å². The molecule has 15 nitrogen and oxygen atoms in total. The van der Waals surface area contributed by atoms with Crippen molar-refractivity contribution in [2.75, 3.05) is 38.8 Å². The fourth-order valence-electron chi connectivity index (χ4n) is 11.3. The molecule has 0 N–H and O–H groups in total. The first-order valence-corrected chi connectivity index (χ1v) is 22.4. The van der Waals surface area contributed by atoms with Gasteiger partial charge in [0.1, 0.15) is 11.4 Å². The molecule has 3 unspecified atom stereocenters. The van der Waals surface area contributed by atoms with Crippen LogP contribution in [0.5, 0.6) is 11.5 Å². The second-order valence-electron chi connectivity index (χ2n) is 17.2. The van der Waals surface area contributed by atoms with Crippen LogP contribution in [0.15, 0.2) is 112 Å². The van der Waals surface area contributed by atoms with Gasteiger partial charge in [-0.05, 0) is 64.2 Å². The summed E-state index contributed by atoms with van der Waals surface area (Å²) in [5, 5.41) is 12.0. The zero-order valence-corrected chi connectivity index (χ0v) is 36.8. The number of carbonyl (C=O) groups excluding carboxylic acids is 2. The van der Waals surface area contributed by atoms with Crippen LogP contribution in [0.2, 0.25) is 0 Å². The number of ketones is 1. The number of aliphatic imine (C=N–C) groups is 1. The molecular weight excluding hydrogens is 833 g/mol. The summed E-state index contributed by atoms with van der Waals surface area (Å²) in [6.45, 7) is 4.75. The van der Waals surface area contributed by atoms with E-state index in [1.54, 1.807) is 37.6 Å². The molecule has 2 aromatic heterocycles. The van der Waals surface area contributed by atoms with E-state index in [1.165, 1.54) is 36.4 Å². The molecule has 16 heteroatoms. The van der Waals surface area contributed by atoms with Gasteiger partial charge in [-0.3, -0.25) is 14.5 Å². The lowest BCUT2D eigenvalue weighted by Crippen LogP contribution is -2.69. The number of amides is 1. The Labute approximate surface area is 374 Å². The van der Waals surface area contributed by atoms with E-state index in [-0.39, 0.29) is 41.0 Å². The van der Waals surface area contributed by atoms with Crippen LogP contribution < -0.4 is 14.4 Å². The minimum Gasteiger partial charge on any atom is -0.493 e. The number of anilines is 1. The van der Waals surface area contributed by atoms with E-state index in [1.807, 2.05) is 73.7 Å². The van der Waals surface area contributed by atoms with Crippen molar-refractivity contribution in [1.29, 1.82) is 0 Å². The highest BCUT2D eigenvalue weighted by atomic mass is 32.2. The minimum atomic E-state index is -0.500. The number of rotatable bonds is 8. The first-order chi connectivity index (χ1) is 31.1. The predicted octanol–water partition coefficient (Wildman–Crippen LogP) is 7.31. The number of imidazole rings is 1. The van der Waals surface area contributed by atoms with Crippen molar-refractivity contribution in [2.45, 2.75) is 72.2 Å². The molecule has 7 atom stereocenters. The van der Waals surface area contributed by atoms with Crippen LogP contribution in [0.25, 0.3) is 0 Å². The quantitative estimate of drug-likeness (QED) is 0.0502. The van der Waals surface area contributed by atoms with Gasteiger partial charge in [-0.1, -0.05) is 79.2 Å².